The van der Waals surface area contributed by atoms with Crippen molar-refractivity contribution < 1.29 is 9.59 Å². The average molecular weight is 508 g/mol. The van der Waals surface area contributed by atoms with Crippen LogP contribution in [0.5, 0.6) is 0 Å². The van der Waals surface area contributed by atoms with E-state index in [0.717, 1.165) is 36.6 Å². The van der Waals surface area contributed by atoms with Crippen LogP contribution >= 0.6 is 11.5 Å². The number of carbonyl (C=O) groups is 2. The molecule has 0 bridgehead atoms. The maximum atomic E-state index is 13.0. The molecule has 5 rings (SSSR count). The van der Waals surface area contributed by atoms with E-state index in [9.17, 15) is 9.59 Å². The summed E-state index contributed by atoms with van der Waals surface area (Å²) in [5, 5.41) is 13.5. The molecule has 1 fully saturated rings. The number of likely N-dealkylation sites (N-methyl/N-ethyl adjacent to an activating group) is 1. The van der Waals surface area contributed by atoms with Gasteiger partial charge in [0.2, 0.25) is 0 Å². The highest BCUT2D eigenvalue weighted by Crippen LogP contribution is 2.27. The number of hydrogen-bond acceptors (Lipinski definition) is 10. The van der Waals surface area contributed by atoms with E-state index in [1.165, 1.54) is 11.5 Å². The first kappa shape index (κ1) is 23.9. The lowest BCUT2D eigenvalue weighted by Crippen LogP contribution is -2.48. The Morgan fingerprint density at radius 3 is 2.94 bits per heavy atom. The van der Waals surface area contributed by atoms with Crippen LogP contribution in [0, 0.1) is 12.8 Å². The van der Waals surface area contributed by atoms with E-state index in [1.54, 1.807) is 6.20 Å². The molecule has 0 saturated carbocycles. The van der Waals surface area contributed by atoms with Gasteiger partial charge >= 0.3 is 0 Å². The minimum Gasteiger partial charge on any atom is -0.364 e. The fourth-order valence-electron chi connectivity index (χ4n) is 4.72. The molecule has 3 aliphatic rings. The molecule has 1 aliphatic carbocycles. The van der Waals surface area contributed by atoms with Crippen molar-refractivity contribution in [2.45, 2.75) is 38.8 Å². The number of aromatic nitrogens is 3. The third kappa shape index (κ3) is 4.94. The average Bonchev–Trinajstić information content (AvgIpc) is 3.48. The van der Waals surface area contributed by atoms with Gasteiger partial charge < -0.3 is 21.3 Å². The summed E-state index contributed by atoms with van der Waals surface area (Å²) in [4.78, 5) is 35.9. The van der Waals surface area contributed by atoms with Crippen molar-refractivity contribution in [3.63, 3.8) is 0 Å². The van der Waals surface area contributed by atoms with Crippen LogP contribution in [0.2, 0.25) is 0 Å². The van der Waals surface area contributed by atoms with Gasteiger partial charge in [-0.2, -0.15) is 9.47 Å². The van der Waals surface area contributed by atoms with Crippen LogP contribution in [0.15, 0.2) is 41.2 Å². The molecule has 4 heterocycles. The monoisotopic (exact) mass is 507 g/mol. The van der Waals surface area contributed by atoms with E-state index in [0.29, 0.717) is 23.8 Å². The Labute approximate surface area is 213 Å². The van der Waals surface area contributed by atoms with Crippen LogP contribution in [-0.4, -0.2) is 69.1 Å². The van der Waals surface area contributed by atoms with Crippen LogP contribution < -0.4 is 21.3 Å². The first-order chi connectivity index (χ1) is 17.4. The maximum Gasteiger partial charge on any atom is 0.271 e. The molecule has 0 aromatic carbocycles. The summed E-state index contributed by atoms with van der Waals surface area (Å²) in [7, 11) is 0. The van der Waals surface area contributed by atoms with E-state index in [4.69, 9.17) is 5.73 Å². The number of carbonyl (C=O) groups excluding carboxylic acids is 2. The van der Waals surface area contributed by atoms with E-state index < -0.39 is 5.91 Å². The topological polar surface area (TPSA) is 142 Å². The predicted molar refractivity (Wildman–Crippen MR) is 139 cm³/mol. The highest BCUT2D eigenvalue weighted by molar-refractivity contribution is 7.10. The Hall–Kier alpha value is -3.80. The van der Waals surface area contributed by atoms with E-state index >= 15 is 0 Å². The Morgan fingerprint density at radius 2 is 2.19 bits per heavy atom. The summed E-state index contributed by atoms with van der Waals surface area (Å²) >= 11 is 1.27. The van der Waals surface area contributed by atoms with Crippen molar-refractivity contribution in [3.05, 3.63) is 47.5 Å². The Bertz CT molecular complexity index is 1250. The van der Waals surface area contributed by atoms with E-state index in [-0.39, 0.29) is 29.6 Å². The van der Waals surface area contributed by atoms with Gasteiger partial charge in [0.05, 0.1) is 17.9 Å². The predicted octanol–water partition coefficient (Wildman–Crippen LogP) is 1.97. The van der Waals surface area contributed by atoms with Crippen LogP contribution in [0.3, 0.4) is 0 Å². The maximum absolute atomic E-state index is 13.0. The van der Waals surface area contributed by atoms with Crippen LogP contribution in [-0.2, 0) is 4.79 Å². The first-order valence-electron chi connectivity index (χ1n) is 12.0. The summed E-state index contributed by atoms with van der Waals surface area (Å²) in [5.41, 5.74) is 7.11. The molecular formula is C24H29N9O2S. The lowest BCUT2D eigenvalue weighted by molar-refractivity contribution is -0.118. The molecule has 0 spiro atoms. The normalized spacial score (nSPS) is 22.8. The highest BCUT2D eigenvalue weighted by atomic mass is 32.1. The lowest BCUT2D eigenvalue weighted by atomic mass is 9.92. The molecule has 11 nitrogen and oxygen atoms in total. The largest absolute Gasteiger partial charge is 0.364 e. The number of nitrogens with one attached hydrogen (secondary N) is 2. The third-order valence-corrected chi connectivity index (χ3v) is 7.30. The number of hydrazone groups is 1. The Morgan fingerprint density at radius 1 is 1.33 bits per heavy atom. The van der Waals surface area contributed by atoms with Crippen LogP contribution in [0.25, 0.3) is 0 Å². The molecule has 12 heteroatoms. The van der Waals surface area contributed by atoms with Gasteiger partial charge in [-0.25, -0.2) is 9.97 Å². The number of nitrogens with two attached hydrogens (primary N) is 1. The number of aryl methyl sites for hydroxylation is 1. The van der Waals surface area contributed by atoms with Crippen molar-refractivity contribution >= 4 is 46.2 Å². The van der Waals surface area contributed by atoms with Crippen molar-refractivity contribution in [2.75, 3.05) is 29.9 Å². The van der Waals surface area contributed by atoms with Gasteiger partial charge in [0.15, 0.2) is 11.5 Å². The summed E-state index contributed by atoms with van der Waals surface area (Å²) in [5.74, 6) is 0.279. The minimum absolute atomic E-state index is 0.0409. The Balaban J connectivity index is 1.27. The van der Waals surface area contributed by atoms with Crippen LogP contribution in [0.4, 0.5) is 16.6 Å². The number of rotatable bonds is 7. The summed E-state index contributed by atoms with van der Waals surface area (Å²) in [6, 6.07) is 2.01. The van der Waals surface area contributed by atoms with Crippen LogP contribution in [0.1, 0.15) is 35.9 Å². The molecule has 4 N–H and O–H groups in total. The molecule has 2 aliphatic heterocycles. The molecule has 2 unspecified atom stereocenters. The van der Waals surface area contributed by atoms with Gasteiger partial charge in [0, 0.05) is 43.4 Å². The van der Waals surface area contributed by atoms with Crippen molar-refractivity contribution in [2.24, 2.45) is 16.8 Å². The van der Waals surface area contributed by atoms with Crippen molar-refractivity contribution in [1.29, 1.82) is 0 Å². The van der Waals surface area contributed by atoms with Gasteiger partial charge in [-0.05, 0) is 44.3 Å². The zero-order valence-corrected chi connectivity index (χ0v) is 21.0. The number of amides is 2. The molecule has 2 aromatic heterocycles. The number of primary amides is 1. The molecule has 0 radical (unpaired) electrons. The van der Waals surface area contributed by atoms with Gasteiger partial charge in [0.25, 0.3) is 11.8 Å². The summed E-state index contributed by atoms with van der Waals surface area (Å²) in [6.45, 7) is 6.15. The second-order valence-electron chi connectivity index (χ2n) is 9.08. The fraction of sp³-hybridized carbons (Fsp3) is 0.417. The smallest absolute Gasteiger partial charge is 0.271 e. The van der Waals surface area contributed by atoms with E-state index in [2.05, 4.69) is 48.0 Å². The fourth-order valence-corrected chi connectivity index (χ4v) is 5.38. The van der Waals surface area contributed by atoms with Gasteiger partial charge in [-0.1, -0.05) is 18.2 Å². The second kappa shape index (κ2) is 10.1. The second-order valence-corrected chi connectivity index (χ2v) is 9.88. The summed E-state index contributed by atoms with van der Waals surface area (Å²) < 4.78 is 4.25. The van der Waals surface area contributed by atoms with Gasteiger partial charge in [0.1, 0.15) is 10.8 Å². The zero-order valence-electron chi connectivity index (χ0n) is 20.2. The minimum atomic E-state index is -0.660. The van der Waals surface area contributed by atoms with Gasteiger partial charge in [-0.3, -0.25) is 14.6 Å². The Kier molecular flexibility index (Phi) is 6.68. The molecular weight excluding hydrogens is 478 g/mol. The number of hydrogen-bond donors (Lipinski definition) is 3. The number of piperidine rings is 1. The zero-order chi connectivity index (χ0) is 25.2. The van der Waals surface area contributed by atoms with Crippen molar-refractivity contribution in [1.82, 2.24) is 24.7 Å². The van der Waals surface area contributed by atoms with E-state index in [1.807, 2.05) is 36.4 Å². The summed E-state index contributed by atoms with van der Waals surface area (Å²) in [6.07, 6.45) is 11.2. The number of anilines is 3. The molecule has 3 atom stereocenters. The third-order valence-electron chi connectivity index (χ3n) is 6.50. The molecule has 188 valence electrons. The number of fused-ring (bicyclic) bond motifs is 1. The standard InChI is InChI=1S/C24H29N9O2S/c1-3-33-18-7-6-15(10-16(18)11-27-33)24(35)28-17-5-4-8-32(13-17)19-12-26-21(22(25)34)23(29-19)30-20-9-14(2)31-36-20/h6-7,9-12,16-18H,3-5,8,13H2,1-2H3,(H2,25,34)(H,28,35)(H,29,30)/t16?,17-,18?/m1/s1. The lowest BCUT2D eigenvalue weighted by Gasteiger charge is -2.34. The first-order valence-corrected chi connectivity index (χ1v) is 12.8. The molecule has 1 saturated heterocycles. The molecule has 2 aromatic rings. The highest BCUT2D eigenvalue weighted by Gasteiger charge is 2.31. The van der Waals surface area contributed by atoms with Gasteiger partial charge in [-0.15, -0.1) is 0 Å². The number of nitrogens with zero attached hydrogens (tertiary/aromatic N) is 6. The SMILES string of the molecule is CCN1N=CC2C=C(C(=O)N[C@@H]3CCCN(c4cnc(C(N)=O)c(Nc5cc(C)ns5)n4)C3)C=CC21. The molecule has 2 amide bonds. The molecule has 36 heavy (non-hydrogen) atoms. The quantitative estimate of drug-likeness (QED) is 0.516. The van der Waals surface area contributed by atoms with Crippen molar-refractivity contribution in [3.8, 4) is 0 Å².